The highest BCUT2D eigenvalue weighted by molar-refractivity contribution is 5.80. The SMILES string of the molecule is O=C1CN2C[C@@H](Oc3ccc4cnc(NC5CCC(O)CC5)nc4c3)CC[C@H]2CN1. The minimum absolute atomic E-state index is 0.0812. The van der Waals surface area contributed by atoms with Gasteiger partial charge >= 0.3 is 0 Å². The van der Waals surface area contributed by atoms with E-state index in [1.165, 1.54) is 0 Å². The fourth-order valence-corrected chi connectivity index (χ4v) is 4.80. The summed E-state index contributed by atoms with van der Waals surface area (Å²) in [5, 5.41) is 17.0. The molecule has 1 aliphatic carbocycles. The number of carbonyl (C=O) groups excluding carboxylic acids is 1. The van der Waals surface area contributed by atoms with E-state index in [1.54, 1.807) is 0 Å². The monoisotopic (exact) mass is 411 g/mol. The molecule has 2 aromatic rings. The number of hydrogen-bond donors (Lipinski definition) is 3. The van der Waals surface area contributed by atoms with Crippen molar-refractivity contribution in [1.29, 1.82) is 0 Å². The van der Waals surface area contributed by atoms with Crippen LogP contribution in [0.5, 0.6) is 5.75 Å². The largest absolute Gasteiger partial charge is 0.489 e. The number of ether oxygens (including phenoxy) is 1. The summed E-state index contributed by atoms with van der Waals surface area (Å²) in [6, 6.07) is 6.67. The molecule has 160 valence electrons. The Bertz CT molecular complexity index is 915. The van der Waals surface area contributed by atoms with E-state index in [4.69, 9.17) is 4.74 Å². The van der Waals surface area contributed by atoms with Crippen molar-refractivity contribution in [2.45, 2.75) is 62.8 Å². The van der Waals surface area contributed by atoms with Crippen LogP contribution in [0.3, 0.4) is 0 Å². The Balaban J connectivity index is 1.25. The van der Waals surface area contributed by atoms with Crippen molar-refractivity contribution in [2.75, 3.05) is 25.0 Å². The fourth-order valence-electron chi connectivity index (χ4n) is 4.80. The summed E-state index contributed by atoms with van der Waals surface area (Å²) in [6.45, 7) is 1.98. The van der Waals surface area contributed by atoms with Crippen LogP contribution in [0.1, 0.15) is 38.5 Å². The first-order valence-electron chi connectivity index (χ1n) is 11.0. The zero-order chi connectivity index (χ0) is 20.5. The van der Waals surface area contributed by atoms with Gasteiger partial charge < -0.3 is 20.5 Å². The molecular weight excluding hydrogens is 382 g/mol. The van der Waals surface area contributed by atoms with Crippen LogP contribution < -0.4 is 15.4 Å². The highest BCUT2D eigenvalue weighted by atomic mass is 16.5. The summed E-state index contributed by atoms with van der Waals surface area (Å²) in [5.41, 5.74) is 0.854. The van der Waals surface area contributed by atoms with Crippen molar-refractivity contribution in [1.82, 2.24) is 20.2 Å². The van der Waals surface area contributed by atoms with Gasteiger partial charge in [0.15, 0.2) is 0 Å². The molecule has 1 aromatic heterocycles. The zero-order valence-corrected chi connectivity index (χ0v) is 17.1. The second-order valence-corrected chi connectivity index (χ2v) is 8.77. The molecule has 1 aromatic carbocycles. The van der Waals surface area contributed by atoms with Gasteiger partial charge in [-0.2, -0.15) is 0 Å². The molecule has 1 amide bonds. The smallest absolute Gasteiger partial charge is 0.234 e. The van der Waals surface area contributed by atoms with Gasteiger partial charge in [0.2, 0.25) is 11.9 Å². The van der Waals surface area contributed by atoms with Gasteiger partial charge in [-0.05, 0) is 50.7 Å². The lowest BCUT2D eigenvalue weighted by Crippen LogP contribution is -2.59. The molecule has 0 spiro atoms. The summed E-state index contributed by atoms with van der Waals surface area (Å²) in [6.07, 6.45) is 7.28. The first-order valence-corrected chi connectivity index (χ1v) is 11.0. The van der Waals surface area contributed by atoms with E-state index in [0.717, 1.165) is 68.3 Å². The lowest BCUT2D eigenvalue weighted by atomic mass is 9.93. The number of aromatic nitrogens is 2. The Morgan fingerprint density at radius 3 is 2.90 bits per heavy atom. The first kappa shape index (κ1) is 19.5. The van der Waals surface area contributed by atoms with Crippen molar-refractivity contribution in [2.24, 2.45) is 0 Å². The number of anilines is 1. The van der Waals surface area contributed by atoms with E-state index >= 15 is 0 Å². The molecule has 2 saturated heterocycles. The molecule has 8 heteroatoms. The van der Waals surface area contributed by atoms with Crippen LogP contribution in [0.25, 0.3) is 10.9 Å². The van der Waals surface area contributed by atoms with E-state index in [1.807, 2.05) is 24.4 Å². The number of nitrogens with one attached hydrogen (secondary N) is 2. The highest BCUT2D eigenvalue weighted by Gasteiger charge is 2.33. The van der Waals surface area contributed by atoms with Gasteiger partial charge in [-0.3, -0.25) is 9.69 Å². The molecule has 30 heavy (non-hydrogen) atoms. The maximum Gasteiger partial charge on any atom is 0.234 e. The number of fused-ring (bicyclic) bond motifs is 2. The number of rotatable bonds is 4. The van der Waals surface area contributed by atoms with Crippen molar-refractivity contribution in [3.8, 4) is 5.75 Å². The normalized spacial score (nSPS) is 29.8. The summed E-state index contributed by atoms with van der Waals surface area (Å²) in [7, 11) is 0. The number of piperidine rings is 1. The van der Waals surface area contributed by atoms with Crippen LogP contribution in [-0.2, 0) is 4.79 Å². The van der Waals surface area contributed by atoms with Crippen molar-refractivity contribution < 1.29 is 14.6 Å². The van der Waals surface area contributed by atoms with E-state index in [0.29, 0.717) is 24.6 Å². The van der Waals surface area contributed by atoms with Gasteiger partial charge in [-0.15, -0.1) is 0 Å². The van der Waals surface area contributed by atoms with E-state index < -0.39 is 0 Å². The molecule has 2 aliphatic heterocycles. The van der Waals surface area contributed by atoms with Crippen LogP contribution in [0, 0.1) is 0 Å². The molecule has 3 heterocycles. The molecule has 2 atom stereocenters. The molecular formula is C22H29N5O3. The van der Waals surface area contributed by atoms with Crippen LogP contribution in [-0.4, -0.2) is 69.8 Å². The number of nitrogens with zero attached hydrogens (tertiary/aromatic N) is 3. The van der Waals surface area contributed by atoms with Gasteiger partial charge in [0.25, 0.3) is 0 Å². The van der Waals surface area contributed by atoms with Gasteiger partial charge in [-0.1, -0.05) is 0 Å². The Morgan fingerprint density at radius 1 is 1.17 bits per heavy atom. The summed E-state index contributed by atoms with van der Waals surface area (Å²) >= 11 is 0. The lowest BCUT2D eigenvalue weighted by Gasteiger charge is -2.41. The molecule has 0 bridgehead atoms. The number of piperazine rings is 1. The second-order valence-electron chi connectivity index (χ2n) is 8.77. The van der Waals surface area contributed by atoms with Crippen molar-refractivity contribution >= 4 is 22.8 Å². The number of aliphatic hydroxyl groups is 1. The van der Waals surface area contributed by atoms with Crippen LogP contribution in [0.4, 0.5) is 5.95 Å². The minimum Gasteiger partial charge on any atom is -0.489 e. The van der Waals surface area contributed by atoms with Crippen molar-refractivity contribution in [3.63, 3.8) is 0 Å². The van der Waals surface area contributed by atoms with Crippen molar-refractivity contribution in [3.05, 3.63) is 24.4 Å². The third-order valence-electron chi connectivity index (χ3n) is 6.54. The van der Waals surface area contributed by atoms with E-state index in [-0.39, 0.29) is 18.1 Å². The number of carbonyl (C=O) groups is 1. The molecule has 8 nitrogen and oxygen atoms in total. The number of aliphatic hydroxyl groups excluding tert-OH is 1. The molecule has 3 N–H and O–H groups in total. The predicted octanol–water partition coefficient (Wildman–Crippen LogP) is 1.69. The third-order valence-corrected chi connectivity index (χ3v) is 6.54. The van der Waals surface area contributed by atoms with Crippen LogP contribution in [0.15, 0.2) is 24.4 Å². The number of hydrogen-bond acceptors (Lipinski definition) is 7. The van der Waals surface area contributed by atoms with Crippen LogP contribution in [0.2, 0.25) is 0 Å². The number of benzene rings is 1. The summed E-state index contributed by atoms with van der Waals surface area (Å²) in [5.74, 6) is 1.53. The van der Waals surface area contributed by atoms with Crippen LogP contribution >= 0.6 is 0 Å². The average Bonchev–Trinajstić information content (AvgIpc) is 2.75. The standard InChI is InChI=1S/C22H29N5O3/c28-17-5-2-15(3-6-17)25-22-24-10-14-1-7-18(9-20(14)26-22)30-19-8-4-16-11-23-21(29)13-27(16)12-19/h1,7,9-10,15-17,19,28H,2-6,8,11-13H2,(H,23,29)(H,24,25,26)/t15?,16-,17?,19-/m0/s1. The molecule has 3 fully saturated rings. The average molecular weight is 412 g/mol. The van der Waals surface area contributed by atoms with Gasteiger partial charge in [0, 0.05) is 42.8 Å². The van der Waals surface area contributed by atoms with Gasteiger partial charge in [0.1, 0.15) is 11.9 Å². The Hall–Kier alpha value is -2.45. The fraction of sp³-hybridized carbons (Fsp3) is 0.591. The van der Waals surface area contributed by atoms with E-state index in [9.17, 15) is 9.90 Å². The Kier molecular flexibility index (Phi) is 5.43. The predicted molar refractivity (Wildman–Crippen MR) is 113 cm³/mol. The molecule has 3 aliphatic rings. The Labute approximate surface area is 176 Å². The molecule has 1 saturated carbocycles. The molecule has 0 unspecified atom stereocenters. The topological polar surface area (TPSA) is 99.6 Å². The van der Waals surface area contributed by atoms with Gasteiger partial charge in [0.05, 0.1) is 18.2 Å². The minimum atomic E-state index is -0.172. The summed E-state index contributed by atoms with van der Waals surface area (Å²) in [4.78, 5) is 23.1. The highest BCUT2D eigenvalue weighted by Crippen LogP contribution is 2.26. The maximum absolute atomic E-state index is 11.7. The molecule has 0 radical (unpaired) electrons. The van der Waals surface area contributed by atoms with E-state index in [2.05, 4.69) is 25.5 Å². The lowest BCUT2D eigenvalue weighted by molar-refractivity contribution is -0.127. The summed E-state index contributed by atoms with van der Waals surface area (Å²) < 4.78 is 6.27. The maximum atomic E-state index is 11.7. The van der Waals surface area contributed by atoms with Gasteiger partial charge in [-0.25, -0.2) is 9.97 Å². The number of amides is 1. The first-order chi connectivity index (χ1) is 14.6. The second kappa shape index (κ2) is 8.35. The zero-order valence-electron chi connectivity index (χ0n) is 17.1. The third kappa shape index (κ3) is 4.34. The Morgan fingerprint density at radius 2 is 2.03 bits per heavy atom. The molecule has 5 rings (SSSR count). The quantitative estimate of drug-likeness (QED) is 0.704.